The van der Waals surface area contributed by atoms with Gasteiger partial charge >= 0.3 is 6.03 Å². The molecule has 0 bridgehead atoms. The van der Waals surface area contributed by atoms with Gasteiger partial charge in [0.15, 0.2) is 5.96 Å². The number of nitrogens with zero attached hydrogens (tertiary/aromatic N) is 2. The zero-order chi connectivity index (χ0) is 17.4. The second-order valence-electron chi connectivity index (χ2n) is 5.14. The van der Waals surface area contributed by atoms with E-state index >= 15 is 0 Å². The number of hydrogen-bond donors (Lipinski definition) is 3. The Kier molecular flexibility index (Phi) is 6.41. The number of guanidine groups is 1. The zero-order valence-corrected chi connectivity index (χ0v) is 14.0. The molecule has 3 amide bonds. The molecule has 130 valence electrons. The normalized spacial score (nSPS) is 14.6. The minimum atomic E-state index is -0.349. The number of methoxy groups -OCH3 is 1. The SMILES string of the molecule is CCNC(=NCc1ccccc1OC)NCCN1C(=O)CNC1=O. The molecule has 1 fully saturated rings. The number of urea groups is 1. The van der Waals surface area contributed by atoms with Gasteiger partial charge in [-0.2, -0.15) is 0 Å². The van der Waals surface area contributed by atoms with Gasteiger partial charge in [-0.05, 0) is 13.0 Å². The van der Waals surface area contributed by atoms with Crippen molar-refractivity contribution in [3.63, 3.8) is 0 Å². The maximum atomic E-state index is 11.5. The number of imide groups is 1. The van der Waals surface area contributed by atoms with E-state index in [-0.39, 0.29) is 18.5 Å². The molecule has 0 aliphatic carbocycles. The van der Waals surface area contributed by atoms with Crippen LogP contribution >= 0.6 is 0 Å². The van der Waals surface area contributed by atoms with Gasteiger partial charge in [0, 0.05) is 25.2 Å². The Hall–Kier alpha value is -2.77. The molecule has 0 spiro atoms. The molecule has 1 aliphatic rings. The first-order valence-corrected chi connectivity index (χ1v) is 7.88. The molecular weight excluding hydrogens is 310 g/mol. The average Bonchev–Trinajstić information content (AvgIpc) is 2.91. The summed E-state index contributed by atoms with van der Waals surface area (Å²) in [5.41, 5.74) is 0.978. The highest BCUT2D eigenvalue weighted by Crippen LogP contribution is 2.17. The zero-order valence-electron chi connectivity index (χ0n) is 14.0. The first-order chi connectivity index (χ1) is 11.7. The maximum Gasteiger partial charge on any atom is 0.324 e. The van der Waals surface area contributed by atoms with Crippen LogP contribution in [0.25, 0.3) is 0 Å². The fourth-order valence-electron chi connectivity index (χ4n) is 2.31. The lowest BCUT2D eigenvalue weighted by atomic mass is 10.2. The summed E-state index contributed by atoms with van der Waals surface area (Å²) in [4.78, 5) is 28.7. The first-order valence-electron chi connectivity index (χ1n) is 7.88. The summed E-state index contributed by atoms with van der Waals surface area (Å²) >= 11 is 0. The highest BCUT2D eigenvalue weighted by atomic mass is 16.5. The van der Waals surface area contributed by atoms with Crippen LogP contribution in [0.3, 0.4) is 0 Å². The van der Waals surface area contributed by atoms with E-state index < -0.39 is 0 Å². The number of hydrogen-bond acceptors (Lipinski definition) is 4. The summed E-state index contributed by atoms with van der Waals surface area (Å²) in [7, 11) is 1.63. The van der Waals surface area contributed by atoms with Crippen molar-refractivity contribution in [3.05, 3.63) is 29.8 Å². The van der Waals surface area contributed by atoms with Gasteiger partial charge in [-0.1, -0.05) is 18.2 Å². The number of amides is 3. The highest BCUT2D eigenvalue weighted by molar-refractivity contribution is 6.01. The number of nitrogens with one attached hydrogen (secondary N) is 3. The molecule has 1 aliphatic heterocycles. The molecule has 1 saturated heterocycles. The minimum absolute atomic E-state index is 0.0702. The summed E-state index contributed by atoms with van der Waals surface area (Å²) in [6.07, 6.45) is 0. The topological polar surface area (TPSA) is 95.1 Å². The predicted octanol–water partition coefficient (Wildman–Crippen LogP) is 0.302. The van der Waals surface area contributed by atoms with Gasteiger partial charge in [-0.3, -0.25) is 9.69 Å². The van der Waals surface area contributed by atoms with E-state index in [4.69, 9.17) is 4.74 Å². The van der Waals surface area contributed by atoms with Crippen LogP contribution in [0.15, 0.2) is 29.3 Å². The molecule has 0 radical (unpaired) electrons. The molecule has 2 rings (SSSR count). The third-order valence-corrected chi connectivity index (χ3v) is 3.51. The molecule has 1 heterocycles. The van der Waals surface area contributed by atoms with Crippen LogP contribution in [-0.2, 0) is 11.3 Å². The second kappa shape index (κ2) is 8.76. The number of aliphatic imine (C=N–C) groups is 1. The number of rotatable bonds is 7. The monoisotopic (exact) mass is 333 g/mol. The summed E-state index contributed by atoms with van der Waals surface area (Å²) in [6.45, 7) is 3.93. The lowest BCUT2D eigenvalue weighted by Gasteiger charge is -2.15. The van der Waals surface area contributed by atoms with Crippen molar-refractivity contribution in [2.24, 2.45) is 4.99 Å². The number of carbonyl (C=O) groups excluding carboxylic acids is 2. The number of para-hydroxylation sites is 1. The fourth-order valence-corrected chi connectivity index (χ4v) is 2.31. The van der Waals surface area contributed by atoms with Crippen LogP contribution in [0.5, 0.6) is 5.75 Å². The Labute approximate surface area is 141 Å². The van der Waals surface area contributed by atoms with Crippen LogP contribution < -0.4 is 20.7 Å². The van der Waals surface area contributed by atoms with Crippen LogP contribution in [0.4, 0.5) is 4.79 Å². The van der Waals surface area contributed by atoms with Crippen molar-refractivity contribution in [2.45, 2.75) is 13.5 Å². The van der Waals surface area contributed by atoms with Gasteiger partial charge in [0.1, 0.15) is 5.75 Å². The molecule has 1 aromatic rings. The molecule has 8 heteroatoms. The Morgan fingerprint density at radius 3 is 2.79 bits per heavy atom. The molecule has 0 unspecified atom stereocenters. The quantitative estimate of drug-likeness (QED) is 0.379. The van der Waals surface area contributed by atoms with E-state index in [2.05, 4.69) is 20.9 Å². The Balaban J connectivity index is 1.91. The summed E-state index contributed by atoms with van der Waals surface area (Å²) < 4.78 is 5.31. The number of benzene rings is 1. The van der Waals surface area contributed by atoms with E-state index in [1.807, 2.05) is 31.2 Å². The van der Waals surface area contributed by atoms with Crippen molar-refractivity contribution in [1.82, 2.24) is 20.9 Å². The van der Waals surface area contributed by atoms with Crippen LogP contribution in [0.1, 0.15) is 12.5 Å². The fraction of sp³-hybridized carbons (Fsp3) is 0.438. The predicted molar refractivity (Wildman–Crippen MR) is 90.9 cm³/mol. The minimum Gasteiger partial charge on any atom is -0.496 e. The first kappa shape index (κ1) is 17.6. The van der Waals surface area contributed by atoms with Gasteiger partial charge in [0.05, 0.1) is 20.2 Å². The lowest BCUT2D eigenvalue weighted by Crippen LogP contribution is -2.43. The van der Waals surface area contributed by atoms with Crippen molar-refractivity contribution < 1.29 is 14.3 Å². The van der Waals surface area contributed by atoms with Gasteiger partial charge in [0.2, 0.25) is 5.91 Å². The molecule has 0 aromatic heterocycles. The van der Waals surface area contributed by atoms with Gasteiger partial charge in [-0.15, -0.1) is 0 Å². The maximum absolute atomic E-state index is 11.5. The molecular formula is C16H23N5O3. The third-order valence-electron chi connectivity index (χ3n) is 3.51. The third kappa shape index (κ3) is 4.61. The highest BCUT2D eigenvalue weighted by Gasteiger charge is 2.27. The molecule has 3 N–H and O–H groups in total. The van der Waals surface area contributed by atoms with E-state index in [9.17, 15) is 9.59 Å². The van der Waals surface area contributed by atoms with Crippen LogP contribution in [0.2, 0.25) is 0 Å². The van der Waals surface area contributed by atoms with Gasteiger partial charge < -0.3 is 20.7 Å². The molecule has 24 heavy (non-hydrogen) atoms. The van der Waals surface area contributed by atoms with E-state index in [0.717, 1.165) is 11.3 Å². The summed E-state index contributed by atoms with van der Waals surface area (Å²) in [5, 5.41) is 8.74. The molecule has 0 saturated carbocycles. The van der Waals surface area contributed by atoms with Gasteiger partial charge in [-0.25, -0.2) is 9.79 Å². The van der Waals surface area contributed by atoms with E-state index in [1.54, 1.807) is 7.11 Å². The van der Waals surface area contributed by atoms with Crippen molar-refractivity contribution in [2.75, 3.05) is 33.3 Å². The lowest BCUT2D eigenvalue weighted by molar-refractivity contribution is -0.124. The molecule has 8 nitrogen and oxygen atoms in total. The average molecular weight is 333 g/mol. The second-order valence-corrected chi connectivity index (χ2v) is 5.14. The smallest absolute Gasteiger partial charge is 0.324 e. The number of carbonyl (C=O) groups is 2. The Morgan fingerprint density at radius 2 is 2.12 bits per heavy atom. The van der Waals surface area contributed by atoms with E-state index in [0.29, 0.717) is 32.1 Å². The standard InChI is InChI=1S/C16H23N5O3/c1-3-17-15(18-8-9-21-14(22)11-20-16(21)23)19-10-12-6-4-5-7-13(12)24-2/h4-7H,3,8-11H2,1-2H3,(H,20,23)(H2,17,18,19). The van der Waals surface area contributed by atoms with E-state index in [1.165, 1.54) is 4.90 Å². The van der Waals surface area contributed by atoms with Gasteiger partial charge in [0.25, 0.3) is 0 Å². The largest absolute Gasteiger partial charge is 0.496 e. The van der Waals surface area contributed by atoms with Crippen molar-refractivity contribution >= 4 is 17.9 Å². The Morgan fingerprint density at radius 1 is 1.33 bits per heavy atom. The summed E-state index contributed by atoms with van der Waals surface area (Å²) in [5.74, 6) is 1.20. The number of ether oxygens (including phenoxy) is 1. The van der Waals surface area contributed by atoms with Crippen LogP contribution in [0, 0.1) is 0 Å². The molecule has 1 aromatic carbocycles. The summed E-state index contributed by atoms with van der Waals surface area (Å²) in [6, 6.07) is 7.35. The van der Waals surface area contributed by atoms with Crippen molar-refractivity contribution in [3.8, 4) is 5.75 Å². The van der Waals surface area contributed by atoms with Crippen molar-refractivity contribution in [1.29, 1.82) is 0 Å². The molecule has 0 atom stereocenters. The Bertz CT molecular complexity index is 601. The van der Waals surface area contributed by atoms with Crippen LogP contribution in [-0.4, -0.2) is 56.1 Å².